The van der Waals surface area contributed by atoms with Crippen molar-refractivity contribution in [3.05, 3.63) is 40.9 Å². The first kappa shape index (κ1) is 21.7. The standard InChI is InChI=1S/C19H20F2N6O2S/c1-10-5-16(27-18(24-10)19(3,20)21)26-14-6-15(25-11(2)28)22-8-13(14)17-23-7-12(30-17)9-29-4/h5-8H,9H2,1-4H3,(H2,22,24,25,26,27,28). The highest BCUT2D eigenvalue weighted by atomic mass is 32.1. The highest BCUT2D eigenvalue weighted by molar-refractivity contribution is 7.15. The van der Waals surface area contributed by atoms with Gasteiger partial charge >= 0.3 is 5.92 Å². The summed E-state index contributed by atoms with van der Waals surface area (Å²) in [5, 5.41) is 6.29. The molecule has 2 N–H and O–H groups in total. The number of hydrogen-bond acceptors (Lipinski definition) is 8. The van der Waals surface area contributed by atoms with Crippen molar-refractivity contribution in [3.8, 4) is 10.6 Å². The molecule has 0 radical (unpaired) electrons. The molecule has 158 valence electrons. The second kappa shape index (κ2) is 8.76. The van der Waals surface area contributed by atoms with E-state index in [1.807, 2.05) is 0 Å². The molecule has 0 saturated carbocycles. The molecule has 0 aliphatic carbocycles. The van der Waals surface area contributed by atoms with E-state index in [4.69, 9.17) is 4.74 Å². The number of thiazole rings is 1. The zero-order chi connectivity index (χ0) is 21.9. The second-order valence-electron chi connectivity index (χ2n) is 6.59. The van der Waals surface area contributed by atoms with Gasteiger partial charge in [0.25, 0.3) is 0 Å². The molecule has 1 amide bonds. The topological polar surface area (TPSA) is 102 Å². The number of halogens is 2. The summed E-state index contributed by atoms with van der Waals surface area (Å²) >= 11 is 1.41. The molecule has 0 aromatic carbocycles. The van der Waals surface area contributed by atoms with Gasteiger partial charge < -0.3 is 15.4 Å². The van der Waals surface area contributed by atoms with Gasteiger partial charge in [0.15, 0.2) is 0 Å². The Balaban J connectivity index is 2.04. The SMILES string of the molecule is COCc1cnc(-c2cnc(NC(C)=O)cc2Nc2cc(C)nc(C(C)(F)F)n2)s1. The fourth-order valence-corrected chi connectivity index (χ4v) is 3.49. The van der Waals surface area contributed by atoms with Gasteiger partial charge in [-0.15, -0.1) is 11.3 Å². The largest absolute Gasteiger partial charge is 0.379 e. The molecule has 30 heavy (non-hydrogen) atoms. The van der Waals surface area contributed by atoms with E-state index in [2.05, 4.69) is 30.6 Å². The van der Waals surface area contributed by atoms with Gasteiger partial charge in [0, 0.05) is 51.2 Å². The molecule has 0 spiro atoms. The van der Waals surface area contributed by atoms with E-state index in [0.29, 0.717) is 34.4 Å². The molecule has 0 saturated heterocycles. The van der Waals surface area contributed by atoms with Gasteiger partial charge in [0.05, 0.1) is 22.7 Å². The van der Waals surface area contributed by atoms with Gasteiger partial charge in [-0.25, -0.2) is 19.9 Å². The van der Waals surface area contributed by atoms with Crippen molar-refractivity contribution in [2.75, 3.05) is 17.7 Å². The number of aromatic nitrogens is 4. The molecule has 8 nitrogen and oxygen atoms in total. The smallest absolute Gasteiger partial charge is 0.303 e. The fraction of sp³-hybridized carbons (Fsp3) is 0.316. The maximum Gasteiger partial charge on any atom is 0.303 e. The lowest BCUT2D eigenvalue weighted by molar-refractivity contribution is -0.114. The van der Waals surface area contributed by atoms with Crippen LogP contribution in [0.15, 0.2) is 24.5 Å². The minimum Gasteiger partial charge on any atom is -0.379 e. The zero-order valence-corrected chi connectivity index (χ0v) is 17.6. The highest BCUT2D eigenvalue weighted by Gasteiger charge is 2.29. The van der Waals surface area contributed by atoms with Crippen LogP contribution in [0.25, 0.3) is 10.6 Å². The van der Waals surface area contributed by atoms with Gasteiger partial charge in [0.1, 0.15) is 16.6 Å². The van der Waals surface area contributed by atoms with E-state index in [1.165, 1.54) is 18.3 Å². The highest BCUT2D eigenvalue weighted by Crippen LogP contribution is 2.34. The van der Waals surface area contributed by atoms with Crippen molar-refractivity contribution < 1.29 is 18.3 Å². The Bertz CT molecular complexity index is 1070. The van der Waals surface area contributed by atoms with Crippen LogP contribution in [-0.4, -0.2) is 33.0 Å². The lowest BCUT2D eigenvalue weighted by Crippen LogP contribution is -2.14. The molecular formula is C19H20F2N6O2S. The molecule has 3 rings (SSSR count). The van der Waals surface area contributed by atoms with E-state index < -0.39 is 11.7 Å². The Morgan fingerprint density at radius 2 is 1.97 bits per heavy atom. The monoisotopic (exact) mass is 434 g/mol. The molecular weight excluding hydrogens is 414 g/mol. The lowest BCUT2D eigenvalue weighted by atomic mass is 10.2. The number of carbonyl (C=O) groups excluding carboxylic acids is 1. The molecule has 0 fully saturated rings. The van der Waals surface area contributed by atoms with Crippen molar-refractivity contribution in [1.29, 1.82) is 0 Å². The van der Waals surface area contributed by atoms with Gasteiger partial charge in [-0.2, -0.15) is 8.78 Å². The summed E-state index contributed by atoms with van der Waals surface area (Å²) in [6.45, 7) is 4.13. The number of amides is 1. The lowest BCUT2D eigenvalue weighted by Gasteiger charge is -2.15. The third-order valence-electron chi connectivity index (χ3n) is 3.79. The van der Waals surface area contributed by atoms with E-state index in [1.54, 1.807) is 38.6 Å². The number of nitrogens with one attached hydrogen (secondary N) is 2. The number of methoxy groups -OCH3 is 1. The molecule has 3 aromatic heterocycles. The van der Waals surface area contributed by atoms with E-state index >= 15 is 0 Å². The predicted octanol–water partition coefficient (Wildman–Crippen LogP) is 4.26. The minimum absolute atomic E-state index is 0.189. The van der Waals surface area contributed by atoms with Crippen LogP contribution in [0.4, 0.5) is 26.1 Å². The third-order valence-corrected chi connectivity index (χ3v) is 4.79. The van der Waals surface area contributed by atoms with Crippen LogP contribution >= 0.6 is 11.3 Å². The number of ether oxygens (including phenoxy) is 1. The first-order valence-electron chi connectivity index (χ1n) is 8.88. The van der Waals surface area contributed by atoms with Crippen LogP contribution in [-0.2, 0) is 22.1 Å². The number of hydrogen-bond donors (Lipinski definition) is 2. The zero-order valence-electron chi connectivity index (χ0n) is 16.8. The van der Waals surface area contributed by atoms with Gasteiger partial charge in [-0.05, 0) is 6.92 Å². The number of nitrogens with zero attached hydrogens (tertiary/aromatic N) is 4. The molecule has 0 aliphatic heterocycles. The normalized spacial score (nSPS) is 11.4. The Morgan fingerprint density at radius 1 is 1.20 bits per heavy atom. The summed E-state index contributed by atoms with van der Waals surface area (Å²) in [5.74, 6) is -3.57. The Kier molecular flexibility index (Phi) is 6.32. The van der Waals surface area contributed by atoms with Crippen molar-refractivity contribution in [2.45, 2.75) is 33.3 Å². The number of rotatable bonds is 7. The van der Waals surface area contributed by atoms with Crippen molar-refractivity contribution in [1.82, 2.24) is 19.9 Å². The fourth-order valence-electron chi connectivity index (χ4n) is 2.59. The quantitative estimate of drug-likeness (QED) is 0.573. The van der Waals surface area contributed by atoms with Crippen LogP contribution in [0.2, 0.25) is 0 Å². The predicted molar refractivity (Wildman–Crippen MR) is 110 cm³/mol. The summed E-state index contributed by atoms with van der Waals surface area (Å²) < 4.78 is 32.6. The molecule has 0 atom stereocenters. The van der Waals surface area contributed by atoms with E-state index in [0.717, 1.165) is 11.8 Å². The van der Waals surface area contributed by atoms with Crippen LogP contribution in [0, 0.1) is 6.92 Å². The summed E-state index contributed by atoms with van der Waals surface area (Å²) in [4.78, 5) is 28.7. The van der Waals surface area contributed by atoms with E-state index in [-0.39, 0.29) is 11.7 Å². The van der Waals surface area contributed by atoms with Crippen molar-refractivity contribution in [3.63, 3.8) is 0 Å². The average molecular weight is 434 g/mol. The minimum atomic E-state index is -3.19. The second-order valence-corrected chi connectivity index (χ2v) is 7.71. The number of anilines is 3. The summed E-state index contributed by atoms with van der Waals surface area (Å²) in [7, 11) is 1.59. The molecule has 3 heterocycles. The maximum atomic E-state index is 13.7. The number of carbonyl (C=O) groups is 1. The average Bonchev–Trinajstić information content (AvgIpc) is 3.09. The molecule has 0 bridgehead atoms. The Morgan fingerprint density at radius 3 is 2.63 bits per heavy atom. The van der Waals surface area contributed by atoms with Crippen LogP contribution in [0.3, 0.4) is 0 Å². The summed E-state index contributed by atoms with van der Waals surface area (Å²) in [6.07, 6.45) is 3.24. The first-order valence-corrected chi connectivity index (χ1v) is 9.70. The number of alkyl halides is 2. The van der Waals surface area contributed by atoms with Crippen molar-refractivity contribution in [2.24, 2.45) is 0 Å². The third kappa shape index (κ3) is 5.30. The van der Waals surface area contributed by atoms with Crippen LogP contribution < -0.4 is 10.6 Å². The number of aryl methyl sites for hydroxylation is 1. The summed E-state index contributed by atoms with van der Waals surface area (Å²) in [6, 6.07) is 3.14. The Hall–Kier alpha value is -3.05. The number of pyridine rings is 1. The van der Waals surface area contributed by atoms with Gasteiger partial charge in [0.2, 0.25) is 11.7 Å². The van der Waals surface area contributed by atoms with Crippen molar-refractivity contribution >= 4 is 34.6 Å². The molecule has 0 aliphatic rings. The maximum absolute atomic E-state index is 13.7. The Labute approximate surface area is 175 Å². The summed E-state index contributed by atoms with van der Waals surface area (Å²) in [5.41, 5.74) is 1.51. The molecule has 11 heteroatoms. The van der Waals surface area contributed by atoms with Crippen LogP contribution in [0.1, 0.15) is 30.2 Å². The molecule has 3 aromatic rings. The van der Waals surface area contributed by atoms with Gasteiger partial charge in [-0.3, -0.25) is 4.79 Å². The van der Waals surface area contributed by atoms with Crippen LogP contribution in [0.5, 0.6) is 0 Å². The first-order chi connectivity index (χ1) is 14.2. The van der Waals surface area contributed by atoms with Gasteiger partial charge in [-0.1, -0.05) is 0 Å². The molecule has 0 unspecified atom stereocenters. The van der Waals surface area contributed by atoms with E-state index in [9.17, 15) is 13.6 Å².